The summed E-state index contributed by atoms with van der Waals surface area (Å²) in [4.78, 5) is 21.8. The van der Waals surface area contributed by atoms with Gasteiger partial charge in [-0.3, -0.25) is 9.79 Å². The summed E-state index contributed by atoms with van der Waals surface area (Å²) < 4.78 is 13.3. The van der Waals surface area contributed by atoms with Crippen LogP contribution in [-0.2, 0) is 17.8 Å². The number of fused-ring (bicyclic) bond motifs is 1. The molecule has 3 rings (SSSR count). The van der Waals surface area contributed by atoms with E-state index < -0.39 is 0 Å². The predicted molar refractivity (Wildman–Crippen MR) is 139 cm³/mol. The number of carbonyl (C=O) groups excluding carboxylic acids is 1. The average molecular weight is 551 g/mol. The molecule has 1 aromatic heterocycles. The fraction of sp³-hybridized carbons (Fsp3) is 0.333. The molecule has 0 atom stereocenters. The second-order valence-corrected chi connectivity index (χ2v) is 7.43. The molecule has 0 aliphatic rings. The van der Waals surface area contributed by atoms with Crippen molar-refractivity contribution in [2.75, 3.05) is 26.7 Å². The van der Waals surface area contributed by atoms with Gasteiger partial charge in [-0.1, -0.05) is 30.3 Å². The summed E-state index contributed by atoms with van der Waals surface area (Å²) in [5.41, 5.74) is 3.03. The Morgan fingerprint density at radius 3 is 2.69 bits per heavy atom. The summed E-state index contributed by atoms with van der Waals surface area (Å²) in [7, 11) is 1.82. The summed E-state index contributed by atoms with van der Waals surface area (Å²) in [6, 6.07) is 14.7. The first-order valence-electron chi connectivity index (χ1n) is 10.6. The topological polar surface area (TPSA) is 72.5 Å². The van der Waals surface area contributed by atoms with Crippen LogP contribution in [-0.4, -0.2) is 48.4 Å². The third kappa shape index (κ3) is 7.51. The fourth-order valence-corrected chi connectivity index (χ4v) is 3.42. The lowest BCUT2D eigenvalue weighted by molar-refractivity contribution is -0.130. The van der Waals surface area contributed by atoms with Crippen LogP contribution in [0.3, 0.4) is 0 Å². The lowest BCUT2D eigenvalue weighted by Crippen LogP contribution is -2.38. The van der Waals surface area contributed by atoms with Crippen molar-refractivity contribution in [1.82, 2.24) is 20.5 Å². The molecule has 0 saturated carbocycles. The van der Waals surface area contributed by atoms with Crippen molar-refractivity contribution in [3.8, 4) is 0 Å². The first-order chi connectivity index (χ1) is 15.1. The average Bonchev–Trinajstić information content (AvgIpc) is 3.16. The number of nitrogens with zero attached hydrogens (tertiary/aromatic N) is 2. The van der Waals surface area contributed by atoms with Crippen LogP contribution < -0.4 is 10.6 Å². The van der Waals surface area contributed by atoms with Gasteiger partial charge in [0, 0.05) is 50.2 Å². The maximum absolute atomic E-state index is 13.3. The van der Waals surface area contributed by atoms with E-state index in [1.54, 1.807) is 11.0 Å². The van der Waals surface area contributed by atoms with Gasteiger partial charge >= 0.3 is 0 Å². The van der Waals surface area contributed by atoms with Crippen molar-refractivity contribution in [1.29, 1.82) is 0 Å². The van der Waals surface area contributed by atoms with Crippen LogP contribution in [0.1, 0.15) is 24.5 Å². The van der Waals surface area contributed by atoms with Crippen molar-refractivity contribution >= 4 is 46.7 Å². The molecule has 0 aliphatic heterocycles. The fourth-order valence-electron chi connectivity index (χ4n) is 3.42. The Labute approximate surface area is 205 Å². The van der Waals surface area contributed by atoms with Crippen molar-refractivity contribution in [3.05, 3.63) is 71.7 Å². The molecular weight excluding hydrogens is 520 g/mol. The molecule has 1 heterocycles. The number of carbonyl (C=O) groups is 1. The zero-order valence-corrected chi connectivity index (χ0v) is 20.9. The molecule has 0 unspecified atom stereocenters. The highest BCUT2D eigenvalue weighted by Gasteiger charge is 2.09. The van der Waals surface area contributed by atoms with Crippen molar-refractivity contribution < 1.29 is 9.18 Å². The lowest BCUT2D eigenvalue weighted by atomic mass is 10.1. The van der Waals surface area contributed by atoms with Crippen molar-refractivity contribution in [2.24, 2.45) is 4.99 Å². The normalized spacial score (nSPS) is 11.2. The number of rotatable bonds is 9. The molecule has 172 valence electrons. The van der Waals surface area contributed by atoms with Gasteiger partial charge in [-0.15, -0.1) is 24.0 Å². The SMILES string of the molecule is CCNC(=NCCC(=O)N(C)Cc1ccccc1)NCCc1c[nH]c2cc(F)ccc12.I. The minimum absolute atomic E-state index is 0. The molecule has 0 radical (unpaired) electrons. The molecule has 2 aromatic carbocycles. The zero-order valence-electron chi connectivity index (χ0n) is 18.5. The molecule has 0 fully saturated rings. The van der Waals surface area contributed by atoms with E-state index in [0.717, 1.165) is 35.0 Å². The second kappa shape index (κ2) is 13.0. The summed E-state index contributed by atoms with van der Waals surface area (Å²) >= 11 is 0. The molecule has 32 heavy (non-hydrogen) atoms. The molecule has 3 N–H and O–H groups in total. The standard InChI is InChI=1S/C24H30FN5O.HI/c1-3-26-24(27-13-11-19-16-29-22-15-20(25)9-10-21(19)22)28-14-12-23(31)30(2)17-18-7-5-4-6-8-18;/h4-10,15-16,29H,3,11-14,17H2,1-2H3,(H2,26,27,28);1H. The first kappa shape index (κ1) is 25.6. The Kier molecular flexibility index (Phi) is 10.5. The molecule has 6 nitrogen and oxygen atoms in total. The summed E-state index contributed by atoms with van der Waals surface area (Å²) in [5.74, 6) is 0.505. The number of amides is 1. The minimum atomic E-state index is -0.246. The number of aliphatic imine (C=N–C) groups is 1. The Hall–Kier alpha value is -2.62. The molecule has 3 aromatic rings. The molecule has 0 saturated heterocycles. The summed E-state index contributed by atoms with van der Waals surface area (Å²) in [6.07, 6.45) is 3.04. The van der Waals surface area contributed by atoms with Crippen LogP contribution >= 0.6 is 24.0 Å². The number of nitrogens with one attached hydrogen (secondary N) is 3. The highest BCUT2D eigenvalue weighted by molar-refractivity contribution is 14.0. The van der Waals surface area contributed by atoms with Gasteiger partial charge in [-0.25, -0.2) is 4.39 Å². The number of H-pyrrole nitrogens is 1. The molecule has 0 aliphatic carbocycles. The number of halogens is 2. The largest absolute Gasteiger partial charge is 0.361 e. The van der Waals surface area contributed by atoms with E-state index in [-0.39, 0.29) is 35.7 Å². The Morgan fingerprint density at radius 1 is 1.16 bits per heavy atom. The number of hydrogen-bond donors (Lipinski definition) is 3. The third-order valence-corrected chi connectivity index (χ3v) is 5.04. The van der Waals surface area contributed by atoms with Crippen molar-refractivity contribution in [3.63, 3.8) is 0 Å². The maximum atomic E-state index is 13.3. The smallest absolute Gasteiger partial charge is 0.224 e. The Bertz CT molecular complexity index is 1020. The van der Waals surface area contributed by atoms with Crippen LogP contribution in [0.2, 0.25) is 0 Å². The van der Waals surface area contributed by atoms with Gasteiger partial charge in [0.25, 0.3) is 0 Å². The third-order valence-electron chi connectivity index (χ3n) is 5.04. The molecular formula is C24H31FIN5O. The van der Waals surface area contributed by atoms with Crippen LogP contribution in [0.5, 0.6) is 0 Å². The van der Waals surface area contributed by atoms with Crippen LogP contribution in [0.15, 0.2) is 59.7 Å². The summed E-state index contributed by atoms with van der Waals surface area (Å²) in [6.45, 7) is 4.43. The zero-order chi connectivity index (χ0) is 22.1. The number of benzene rings is 2. The highest BCUT2D eigenvalue weighted by Crippen LogP contribution is 2.19. The van der Waals surface area contributed by atoms with Crippen LogP contribution in [0.25, 0.3) is 10.9 Å². The Balaban J connectivity index is 0.00000363. The minimum Gasteiger partial charge on any atom is -0.361 e. The number of aromatic nitrogens is 1. The van der Waals surface area contributed by atoms with E-state index in [4.69, 9.17) is 0 Å². The van der Waals surface area contributed by atoms with E-state index in [9.17, 15) is 9.18 Å². The molecule has 1 amide bonds. The first-order valence-corrected chi connectivity index (χ1v) is 10.6. The number of aromatic amines is 1. The van der Waals surface area contributed by atoms with Crippen LogP contribution in [0, 0.1) is 5.82 Å². The molecule has 0 spiro atoms. The second-order valence-electron chi connectivity index (χ2n) is 7.43. The Morgan fingerprint density at radius 2 is 1.94 bits per heavy atom. The summed E-state index contributed by atoms with van der Waals surface area (Å²) in [5, 5.41) is 7.54. The van der Waals surface area contributed by atoms with E-state index in [1.165, 1.54) is 12.1 Å². The van der Waals surface area contributed by atoms with Gasteiger partial charge in [0.2, 0.25) is 5.91 Å². The van der Waals surface area contributed by atoms with E-state index in [2.05, 4.69) is 20.6 Å². The van der Waals surface area contributed by atoms with Gasteiger partial charge in [0.05, 0.1) is 6.54 Å². The predicted octanol–water partition coefficient (Wildman–Crippen LogP) is 4.07. The quantitative estimate of drug-likeness (QED) is 0.213. The number of guanidine groups is 1. The van der Waals surface area contributed by atoms with Gasteiger partial charge < -0.3 is 20.5 Å². The van der Waals surface area contributed by atoms with Gasteiger partial charge in [0.15, 0.2) is 5.96 Å². The monoisotopic (exact) mass is 551 g/mol. The maximum Gasteiger partial charge on any atom is 0.224 e. The van der Waals surface area contributed by atoms with E-state index in [1.807, 2.05) is 50.5 Å². The van der Waals surface area contributed by atoms with Gasteiger partial charge in [-0.2, -0.15) is 0 Å². The molecule has 0 bridgehead atoms. The van der Waals surface area contributed by atoms with Crippen LogP contribution in [0.4, 0.5) is 4.39 Å². The lowest BCUT2D eigenvalue weighted by Gasteiger charge is -2.17. The van der Waals surface area contributed by atoms with E-state index >= 15 is 0 Å². The van der Waals surface area contributed by atoms with Crippen molar-refractivity contribution in [2.45, 2.75) is 26.3 Å². The van der Waals surface area contributed by atoms with E-state index in [0.29, 0.717) is 32.0 Å². The number of hydrogen-bond acceptors (Lipinski definition) is 2. The molecule has 8 heteroatoms. The highest BCUT2D eigenvalue weighted by atomic mass is 127. The van der Waals surface area contributed by atoms with Gasteiger partial charge in [0.1, 0.15) is 5.82 Å². The van der Waals surface area contributed by atoms with Gasteiger partial charge in [-0.05, 0) is 42.7 Å².